The van der Waals surface area contributed by atoms with Crippen LogP contribution >= 0.6 is 0 Å². The van der Waals surface area contributed by atoms with Gasteiger partial charge in [-0.05, 0) is 37.5 Å². The topological polar surface area (TPSA) is 22.1 Å². The summed E-state index contributed by atoms with van der Waals surface area (Å²) >= 11 is 0. The molecule has 0 spiro atoms. The van der Waals surface area contributed by atoms with E-state index in [0.717, 1.165) is 26.1 Å². The predicted molar refractivity (Wildman–Crippen MR) is 51.8 cm³/mol. The van der Waals surface area contributed by atoms with Crippen LogP contribution in [0, 0.1) is 6.92 Å². The number of nitrogens with zero attached hydrogens (tertiary/aromatic N) is 1. The van der Waals surface area contributed by atoms with Gasteiger partial charge in [0.05, 0.1) is 0 Å². The molecule has 0 saturated carbocycles. The van der Waals surface area contributed by atoms with Gasteiger partial charge in [-0.2, -0.15) is 0 Å². The molecular weight excluding hydrogens is 162 g/mol. The molecule has 1 aliphatic heterocycles. The van der Waals surface area contributed by atoms with E-state index in [9.17, 15) is 0 Å². The fourth-order valence-corrected chi connectivity index (χ4v) is 1.78. The van der Waals surface area contributed by atoms with Gasteiger partial charge in [0.25, 0.3) is 0 Å². The van der Waals surface area contributed by atoms with Crippen LogP contribution in [0.5, 0.6) is 0 Å². The van der Waals surface area contributed by atoms with Crippen LogP contribution in [0.25, 0.3) is 0 Å². The Bertz CT molecular complexity index is 279. The first kappa shape index (κ1) is 8.70. The summed E-state index contributed by atoms with van der Waals surface area (Å²) < 4.78 is 5.32. The first-order valence-electron chi connectivity index (χ1n) is 4.86. The van der Waals surface area contributed by atoms with Gasteiger partial charge in [-0.1, -0.05) is 0 Å². The number of ether oxygens (including phenoxy) is 1. The maximum atomic E-state index is 5.32. The van der Waals surface area contributed by atoms with E-state index in [1.165, 1.54) is 11.3 Å². The summed E-state index contributed by atoms with van der Waals surface area (Å²) in [5.74, 6) is 0.619. The second-order valence-corrected chi connectivity index (χ2v) is 3.64. The standard InChI is InChI=1S/C11H15NO/c1-9-2-5-12-11(8-9)10-3-6-13-7-4-10/h2,5,8,10H,3-4,6-7H2,1H3. The van der Waals surface area contributed by atoms with Gasteiger partial charge in [0.2, 0.25) is 0 Å². The lowest BCUT2D eigenvalue weighted by Crippen LogP contribution is -2.15. The molecule has 0 unspecified atom stereocenters. The molecule has 70 valence electrons. The highest BCUT2D eigenvalue weighted by Gasteiger charge is 2.16. The zero-order valence-electron chi connectivity index (χ0n) is 7.99. The molecule has 2 rings (SSSR count). The van der Waals surface area contributed by atoms with E-state index in [-0.39, 0.29) is 0 Å². The Kier molecular flexibility index (Phi) is 2.60. The monoisotopic (exact) mass is 177 g/mol. The van der Waals surface area contributed by atoms with Crippen LogP contribution in [0.2, 0.25) is 0 Å². The third kappa shape index (κ3) is 2.07. The summed E-state index contributed by atoms with van der Waals surface area (Å²) in [7, 11) is 0. The van der Waals surface area contributed by atoms with Crippen molar-refractivity contribution in [3.8, 4) is 0 Å². The van der Waals surface area contributed by atoms with E-state index in [2.05, 4.69) is 18.0 Å². The average molecular weight is 177 g/mol. The molecule has 0 N–H and O–H groups in total. The van der Waals surface area contributed by atoms with Crippen LogP contribution in [-0.2, 0) is 4.74 Å². The van der Waals surface area contributed by atoms with E-state index in [1.807, 2.05) is 12.3 Å². The lowest BCUT2D eigenvalue weighted by Gasteiger charge is -2.21. The van der Waals surface area contributed by atoms with Crippen molar-refractivity contribution in [2.75, 3.05) is 13.2 Å². The van der Waals surface area contributed by atoms with Crippen LogP contribution in [0.4, 0.5) is 0 Å². The van der Waals surface area contributed by atoms with Crippen molar-refractivity contribution in [3.05, 3.63) is 29.6 Å². The zero-order valence-corrected chi connectivity index (χ0v) is 7.99. The fourth-order valence-electron chi connectivity index (χ4n) is 1.78. The van der Waals surface area contributed by atoms with Gasteiger partial charge >= 0.3 is 0 Å². The molecule has 0 aromatic carbocycles. The molecule has 1 aromatic heterocycles. The second kappa shape index (κ2) is 3.88. The smallest absolute Gasteiger partial charge is 0.0472 e. The van der Waals surface area contributed by atoms with Crippen molar-refractivity contribution < 1.29 is 4.74 Å². The second-order valence-electron chi connectivity index (χ2n) is 3.64. The van der Waals surface area contributed by atoms with Crippen molar-refractivity contribution in [1.82, 2.24) is 4.98 Å². The van der Waals surface area contributed by atoms with Gasteiger partial charge in [-0.25, -0.2) is 0 Å². The Morgan fingerprint density at radius 3 is 2.85 bits per heavy atom. The molecule has 0 radical (unpaired) electrons. The molecule has 0 aliphatic carbocycles. The molecule has 0 bridgehead atoms. The lowest BCUT2D eigenvalue weighted by molar-refractivity contribution is 0.0845. The summed E-state index contributed by atoms with van der Waals surface area (Å²) in [6, 6.07) is 4.23. The Labute approximate surface area is 78.9 Å². The van der Waals surface area contributed by atoms with Gasteiger partial charge in [-0.15, -0.1) is 0 Å². The number of aromatic nitrogens is 1. The number of hydrogen-bond donors (Lipinski definition) is 0. The summed E-state index contributed by atoms with van der Waals surface area (Å²) in [5, 5.41) is 0. The first-order valence-corrected chi connectivity index (χ1v) is 4.86. The Morgan fingerprint density at radius 2 is 2.15 bits per heavy atom. The van der Waals surface area contributed by atoms with Crippen LogP contribution in [0.1, 0.15) is 30.0 Å². The minimum Gasteiger partial charge on any atom is -0.381 e. The van der Waals surface area contributed by atoms with E-state index >= 15 is 0 Å². The molecule has 1 aliphatic rings. The lowest BCUT2D eigenvalue weighted by atomic mass is 9.95. The van der Waals surface area contributed by atoms with Crippen molar-refractivity contribution in [1.29, 1.82) is 0 Å². The van der Waals surface area contributed by atoms with Gasteiger partial charge in [0.15, 0.2) is 0 Å². The zero-order chi connectivity index (χ0) is 9.10. The third-order valence-corrected chi connectivity index (χ3v) is 2.58. The van der Waals surface area contributed by atoms with Crippen LogP contribution < -0.4 is 0 Å². The van der Waals surface area contributed by atoms with Gasteiger partial charge in [0, 0.05) is 31.0 Å². The van der Waals surface area contributed by atoms with Crippen LogP contribution in [0.3, 0.4) is 0 Å². The van der Waals surface area contributed by atoms with E-state index in [0.29, 0.717) is 5.92 Å². The van der Waals surface area contributed by atoms with Gasteiger partial charge < -0.3 is 4.74 Å². The minimum absolute atomic E-state index is 0.619. The van der Waals surface area contributed by atoms with Crippen molar-refractivity contribution >= 4 is 0 Å². The van der Waals surface area contributed by atoms with Crippen LogP contribution in [-0.4, -0.2) is 18.2 Å². The first-order chi connectivity index (χ1) is 6.36. The van der Waals surface area contributed by atoms with Crippen LogP contribution in [0.15, 0.2) is 18.3 Å². The summed E-state index contributed by atoms with van der Waals surface area (Å²) in [6.07, 6.45) is 4.15. The molecule has 13 heavy (non-hydrogen) atoms. The summed E-state index contributed by atoms with van der Waals surface area (Å²) in [4.78, 5) is 4.41. The number of pyridine rings is 1. The minimum atomic E-state index is 0.619. The molecule has 2 heterocycles. The largest absolute Gasteiger partial charge is 0.381 e. The van der Waals surface area contributed by atoms with E-state index in [1.54, 1.807) is 0 Å². The highest BCUT2D eigenvalue weighted by molar-refractivity contribution is 5.17. The van der Waals surface area contributed by atoms with E-state index < -0.39 is 0 Å². The molecule has 1 saturated heterocycles. The SMILES string of the molecule is Cc1ccnc(C2CCOCC2)c1. The average Bonchev–Trinajstić information content (AvgIpc) is 2.19. The Hall–Kier alpha value is -0.890. The molecule has 2 heteroatoms. The maximum Gasteiger partial charge on any atom is 0.0472 e. The van der Waals surface area contributed by atoms with Crippen molar-refractivity contribution in [2.45, 2.75) is 25.7 Å². The number of hydrogen-bond acceptors (Lipinski definition) is 2. The van der Waals surface area contributed by atoms with Gasteiger partial charge in [0.1, 0.15) is 0 Å². The quantitative estimate of drug-likeness (QED) is 0.656. The highest BCUT2D eigenvalue weighted by Crippen LogP contribution is 2.25. The molecule has 0 amide bonds. The molecule has 2 nitrogen and oxygen atoms in total. The summed E-state index contributed by atoms with van der Waals surface area (Å²) in [6.45, 7) is 3.89. The Morgan fingerprint density at radius 1 is 1.38 bits per heavy atom. The normalized spacial score (nSPS) is 18.8. The highest BCUT2D eigenvalue weighted by atomic mass is 16.5. The van der Waals surface area contributed by atoms with Crippen molar-refractivity contribution in [2.24, 2.45) is 0 Å². The maximum absolute atomic E-state index is 5.32. The Balaban J connectivity index is 2.14. The molecular formula is C11H15NO. The van der Waals surface area contributed by atoms with E-state index in [4.69, 9.17) is 4.74 Å². The molecule has 1 aromatic rings. The number of rotatable bonds is 1. The predicted octanol–water partition coefficient (Wildman–Crippen LogP) is 2.28. The molecule has 0 atom stereocenters. The van der Waals surface area contributed by atoms with Gasteiger partial charge in [-0.3, -0.25) is 4.98 Å². The molecule has 1 fully saturated rings. The summed E-state index contributed by atoms with van der Waals surface area (Å²) in [5.41, 5.74) is 2.54. The fraction of sp³-hybridized carbons (Fsp3) is 0.545. The third-order valence-electron chi connectivity index (χ3n) is 2.58. The number of aryl methyl sites for hydroxylation is 1. The van der Waals surface area contributed by atoms with Crippen molar-refractivity contribution in [3.63, 3.8) is 0 Å².